The third-order valence-corrected chi connectivity index (χ3v) is 4.45. The molecule has 0 amide bonds. The minimum absolute atomic E-state index is 0.617. The van der Waals surface area contributed by atoms with Crippen LogP contribution in [0, 0.1) is 5.92 Å². The number of hydrogen-bond donors (Lipinski definition) is 1. The summed E-state index contributed by atoms with van der Waals surface area (Å²) in [5.41, 5.74) is 1.31. The molecule has 0 bridgehead atoms. The summed E-state index contributed by atoms with van der Waals surface area (Å²) in [5, 5.41) is 12.5. The number of anilines is 1. The van der Waals surface area contributed by atoms with Crippen LogP contribution >= 0.6 is 23.1 Å². The van der Waals surface area contributed by atoms with Crippen molar-refractivity contribution in [3.63, 3.8) is 0 Å². The number of rotatable bonds is 7. The lowest BCUT2D eigenvalue weighted by Gasteiger charge is -2.03. The first-order chi connectivity index (χ1) is 9.24. The van der Waals surface area contributed by atoms with Crippen LogP contribution in [0.2, 0.25) is 0 Å². The van der Waals surface area contributed by atoms with Gasteiger partial charge in [-0.05, 0) is 30.0 Å². The van der Waals surface area contributed by atoms with E-state index in [2.05, 4.69) is 46.5 Å². The van der Waals surface area contributed by atoms with Crippen LogP contribution in [0.15, 0.2) is 28.9 Å². The Bertz CT molecular complexity index is 484. The van der Waals surface area contributed by atoms with Crippen molar-refractivity contribution >= 4 is 28.2 Å². The normalized spacial score (nSPS) is 10.9. The molecule has 0 fully saturated rings. The maximum atomic E-state index is 4.18. The number of nitrogens with zero attached hydrogens (tertiary/aromatic N) is 3. The summed E-state index contributed by atoms with van der Waals surface area (Å²) in [5.74, 6) is 1.63. The van der Waals surface area contributed by atoms with Gasteiger partial charge in [0.15, 0.2) is 4.34 Å². The predicted molar refractivity (Wildman–Crippen MR) is 81.9 cm³/mol. The first-order valence-electron chi connectivity index (χ1n) is 6.33. The summed E-state index contributed by atoms with van der Waals surface area (Å²) < 4.78 is 1.03. The zero-order chi connectivity index (χ0) is 13.5. The van der Waals surface area contributed by atoms with Gasteiger partial charge in [-0.3, -0.25) is 4.98 Å². The fourth-order valence-corrected chi connectivity index (χ4v) is 3.25. The van der Waals surface area contributed by atoms with Crippen molar-refractivity contribution in [2.24, 2.45) is 5.92 Å². The maximum absolute atomic E-state index is 4.18. The van der Waals surface area contributed by atoms with E-state index in [0.717, 1.165) is 28.2 Å². The summed E-state index contributed by atoms with van der Waals surface area (Å²) >= 11 is 3.38. The smallest absolute Gasteiger partial charge is 0.206 e. The van der Waals surface area contributed by atoms with Crippen molar-refractivity contribution in [1.29, 1.82) is 0 Å². The monoisotopic (exact) mass is 294 g/mol. The van der Waals surface area contributed by atoms with E-state index in [1.807, 2.05) is 12.4 Å². The molecule has 0 atom stereocenters. The Morgan fingerprint density at radius 3 is 2.79 bits per heavy atom. The topological polar surface area (TPSA) is 50.7 Å². The average Bonchev–Trinajstić information content (AvgIpc) is 2.86. The van der Waals surface area contributed by atoms with Gasteiger partial charge in [0, 0.05) is 24.7 Å². The van der Waals surface area contributed by atoms with Gasteiger partial charge in [0.1, 0.15) is 0 Å². The second kappa shape index (κ2) is 7.45. The summed E-state index contributed by atoms with van der Waals surface area (Å²) in [7, 11) is 0. The zero-order valence-corrected chi connectivity index (χ0v) is 12.8. The Labute approximate surface area is 122 Å². The van der Waals surface area contributed by atoms with Crippen molar-refractivity contribution in [3.8, 4) is 0 Å². The molecule has 0 aliphatic rings. The van der Waals surface area contributed by atoms with Gasteiger partial charge in [-0.25, -0.2) is 0 Å². The Kier molecular flexibility index (Phi) is 5.60. The number of thioether (sulfide) groups is 1. The number of aryl methyl sites for hydroxylation is 1. The average molecular weight is 294 g/mol. The van der Waals surface area contributed by atoms with E-state index < -0.39 is 0 Å². The lowest BCUT2D eigenvalue weighted by Crippen LogP contribution is -2.07. The van der Waals surface area contributed by atoms with E-state index in [9.17, 15) is 0 Å². The highest BCUT2D eigenvalue weighted by Gasteiger charge is 2.05. The van der Waals surface area contributed by atoms with E-state index in [-0.39, 0.29) is 0 Å². The molecule has 2 rings (SSSR count). The van der Waals surface area contributed by atoms with Gasteiger partial charge in [0.2, 0.25) is 5.13 Å². The molecule has 1 N–H and O–H groups in total. The third kappa shape index (κ3) is 5.16. The lowest BCUT2D eigenvalue weighted by atomic mass is 10.2. The molecule has 0 aliphatic carbocycles. The van der Waals surface area contributed by atoms with Gasteiger partial charge in [-0.1, -0.05) is 36.9 Å². The second-order valence-corrected chi connectivity index (χ2v) is 6.92. The molecule has 102 valence electrons. The molecule has 4 nitrogen and oxygen atoms in total. The minimum Gasteiger partial charge on any atom is -0.360 e. The van der Waals surface area contributed by atoms with E-state index in [4.69, 9.17) is 0 Å². The molecule has 0 saturated carbocycles. The van der Waals surface area contributed by atoms with Gasteiger partial charge in [-0.15, -0.1) is 10.2 Å². The third-order valence-electron chi connectivity index (χ3n) is 2.43. The highest BCUT2D eigenvalue weighted by Crippen LogP contribution is 2.26. The summed E-state index contributed by atoms with van der Waals surface area (Å²) in [6, 6.07) is 4.10. The molecular formula is C13H18N4S2. The van der Waals surface area contributed by atoms with Crippen LogP contribution in [-0.4, -0.2) is 27.5 Å². The highest BCUT2D eigenvalue weighted by atomic mass is 32.2. The first-order valence-corrected chi connectivity index (χ1v) is 8.13. The van der Waals surface area contributed by atoms with Crippen molar-refractivity contribution in [2.45, 2.75) is 24.6 Å². The van der Waals surface area contributed by atoms with Crippen LogP contribution in [0.5, 0.6) is 0 Å². The molecule has 19 heavy (non-hydrogen) atoms. The number of pyridine rings is 1. The van der Waals surface area contributed by atoms with E-state index in [0.29, 0.717) is 5.92 Å². The second-order valence-electron chi connectivity index (χ2n) is 4.60. The van der Waals surface area contributed by atoms with Gasteiger partial charge in [0.05, 0.1) is 0 Å². The molecule has 2 aromatic heterocycles. The number of hydrogen-bond acceptors (Lipinski definition) is 6. The fourth-order valence-electron chi connectivity index (χ4n) is 1.44. The van der Waals surface area contributed by atoms with Gasteiger partial charge >= 0.3 is 0 Å². The van der Waals surface area contributed by atoms with Crippen LogP contribution < -0.4 is 5.32 Å². The molecule has 0 unspecified atom stereocenters. The first kappa shape index (κ1) is 14.3. The lowest BCUT2D eigenvalue weighted by molar-refractivity contribution is 0.687. The SMILES string of the molecule is CC(C)CNc1nnc(SCCc2ccncc2)s1. The maximum Gasteiger partial charge on any atom is 0.206 e. The predicted octanol–water partition coefficient (Wildman–Crippen LogP) is 3.34. The Hall–Kier alpha value is -1.14. The van der Waals surface area contributed by atoms with Crippen molar-refractivity contribution < 1.29 is 0 Å². The summed E-state index contributed by atoms with van der Waals surface area (Å²) in [6.07, 6.45) is 4.69. The van der Waals surface area contributed by atoms with Crippen LogP contribution in [0.25, 0.3) is 0 Å². The van der Waals surface area contributed by atoms with Crippen LogP contribution in [-0.2, 0) is 6.42 Å². The fraction of sp³-hybridized carbons (Fsp3) is 0.462. The van der Waals surface area contributed by atoms with E-state index >= 15 is 0 Å². The molecule has 2 heterocycles. The van der Waals surface area contributed by atoms with Crippen molar-refractivity contribution in [1.82, 2.24) is 15.2 Å². The van der Waals surface area contributed by atoms with Gasteiger partial charge in [0.25, 0.3) is 0 Å². The minimum atomic E-state index is 0.617. The standard InChI is InChI=1S/C13H18N4S2/c1-10(2)9-15-12-16-17-13(19-12)18-8-5-11-3-6-14-7-4-11/h3-4,6-7,10H,5,8-9H2,1-2H3,(H,15,16). The van der Waals surface area contributed by atoms with Crippen LogP contribution in [0.1, 0.15) is 19.4 Å². The number of aromatic nitrogens is 3. The van der Waals surface area contributed by atoms with Gasteiger partial charge in [-0.2, -0.15) is 0 Å². The molecule has 0 spiro atoms. The van der Waals surface area contributed by atoms with Crippen LogP contribution in [0.3, 0.4) is 0 Å². The molecule has 0 aliphatic heterocycles. The molecule has 0 aromatic carbocycles. The number of nitrogens with one attached hydrogen (secondary N) is 1. The Balaban J connectivity index is 1.74. The Morgan fingerprint density at radius 1 is 1.26 bits per heavy atom. The van der Waals surface area contributed by atoms with E-state index in [1.165, 1.54) is 5.56 Å². The molecule has 2 aromatic rings. The summed E-state index contributed by atoms with van der Waals surface area (Å²) in [4.78, 5) is 4.01. The zero-order valence-electron chi connectivity index (χ0n) is 11.2. The van der Waals surface area contributed by atoms with Crippen LogP contribution in [0.4, 0.5) is 5.13 Å². The molecule has 6 heteroatoms. The van der Waals surface area contributed by atoms with E-state index in [1.54, 1.807) is 23.1 Å². The molecular weight excluding hydrogens is 276 g/mol. The van der Waals surface area contributed by atoms with Crippen molar-refractivity contribution in [3.05, 3.63) is 30.1 Å². The summed E-state index contributed by atoms with van der Waals surface area (Å²) in [6.45, 7) is 5.30. The highest BCUT2D eigenvalue weighted by molar-refractivity contribution is 8.01. The quantitative estimate of drug-likeness (QED) is 0.794. The molecule has 0 radical (unpaired) electrons. The Morgan fingerprint density at radius 2 is 2.05 bits per heavy atom. The van der Waals surface area contributed by atoms with Crippen molar-refractivity contribution in [2.75, 3.05) is 17.6 Å². The molecule has 0 saturated heterocycles. The largest absolute Gasteiger partial charge is 0.360 e. The van der Waals surface area contributed by atoms with Gasteiger partial charge < -0.3 is 5.32 Å².